The van der Waals surface area contributed by atoms with Crippen LogP contribution < -0.4 is 19.5 Å². The van der Waals surface area contributed by atoms with E-state index in [4.69, 9.17) is 14.2 Å². The van der Waals surface area contributed by atoms with Crippen LogP contribution in [0.5, 0.6) is 17.2 Å². The van der Waals surface area contributed by atoms with Gasteiger partial charge in [0.25, 0.3) is 5.91 Å². The number of hydrogen-bond donors (Lipinski definition) is 1. The van der Waals surface area contributed by atoms with E-state index in [2.05, 4.69) is 10.4 Å². The third kappa shape index (κ3) is 4.62. The van der Waals surface area contributed by atoms with Gasteiger partial charge in [-0.1, -0.05) is 18.2 Å². The highest BCUT2D eigenvalue weighted by molar-refractivity contribution is 5.92. The summed E-state index contributed by atoms with van der Waals surface area (Å²) in [6.45, 7) is 2.10. The van der Waals surface area contributed by atoms with E-state index >= 15 is 0 Å². The van der Waals surface area contributed by atoms with E-state index in [0.717, 1.165) is 11.3 Å². The lowest BCUT2D eigenvalue weighted by atomic mass is 10.1. The second-order valence-electron chi connectivity index (χ2n) is 6.13. The van der Waals surface area contributed by atoms with Gasteiger partial charge in [-0.3, -0.25) is 4.79 Å². The first kappa shape index (κ1) is 19.3. The molecule has 0 aliphatic rings. The van der Waals surface area contributed by atoms with E-state index in [1.54, 1.807) is 31.2 Å². The van der Waals surface area contributed by atoms with Crippen LogP contribution in [-0.4, -0.2) is 29.9 Å². The minimum absolute atomic E-state index is 0.219. The largest absolute Gasteiger partial charge is 0.497 e. The van der Waals surface area contributed by atoms with Crippen LogP contribution in [0.25, 0.3) is 0 Å². The predicted octanol–water partition coefficient (Wildman–Crippen LogP) is 3.43. The maximum atomic E-state index is 12.6. The quantitative estimate of drug-likeness (QED) is 0.647. The average molecular weight is 381 g/mol. The smallest absolute Gasteiger partial charge is 0.272 e. The van der Waals surface area contributed by atoms with E-state index in [1.807, 2.05) is 55.5 Å². The van der Waals surface area contributed by atoms with Gasteiger partial charge in [0.15, 0.2) is 6.73 Å². The minimum Gasteiger partial charge on any atom is -0.497 e. The number of amides is 1. The maximum absolute atomic E-state index is 12.6. The van der Waals surface area contributed by atoms with Gasteiger partial charge in [-0.15, -0.1) is 0 Å². The number of hydrogen-bond acceptors (Lipinski definition) is 5. The summed E-state index contributed by atoms with van der Waals surface area (Å²) >= 11 is 0. The zero-order chi connectivity index (χ0) is 19.9. The van der Waals surface area contributed by atoms with Gasteiger partial charge >= 0.3 is 0 Å². The van der Waals surface area contributed by atoms with Crippen molar-refractivity contribution in [2.75, 3.05) is 14.2 Å². The summed E-state index contributed by atoms with van der Waals surface area (Å²) in [5, 5.41) is 7.21. The van der Waals surface area contributed by atoms with Gasteiger partial charge in [-0.2, -0.15) is 5.10 Å². The molecule has 2 aromatic carbocycles. The first-order valence-electron chi connectivity index (χ1n) is 8.85. The molecular weight excluding hydrogens is 358 g/mol. The second-order valence-corrected chi connectivity index (χ2v) is 6.13. The van der Waals surface area contributed by atoms with E-state index in [-0.39, 0.29) is 18.7 Å². The number of rotatable bonds is 8. The van der Waals surface area contributed by atoms with Gasteiger partial charge in [0.1, 0.15) is 22.9 Å². The first-order chi connectivity index (χ1) is 13.6. The molecule has 0 fully saturated rings. The predicted molar refractivity (Wildman–Crippen MR) is 105 cm³/mol. The molecule has 0 saturated heterocycles. The van der Waals surface area contributed by atoms with Crippen LogP contribution in [-0.2, 0) is 6.73 Å². The number of nitrogens with one attached hydrogen (secondary N) is 1. The zero-order valence-corrected chi connectivity index (χ0v) is 16.1. The molecule has 28 heavy (non-hydrogen) atoms. The molecule has 3 aromatic rings. The third-order valence-electron chi connectivity index (χ3n) is 4.23. The fourth-order valence-electron chi connectivity index (χ4n) is 2.74. The summed E-state index contributed by atoms with van der Waals surface area (Å²) in [4.78, 5) is 12.6. The molecule has 1 amide bonds. The SMILES string of the molecule is COc1ccc(OC)c(C(C)NC(=O)c2ccn(COc3ccccc3)n2)c1. The van der Waals surface area contributed by atoms with Crippen molar-refractivity contribution in [1.82, 2.24) is 15.1 Å². The topological polar surface area (TPSA) is 74.6 Å². The lowest BCUT2D eigenvalue weighted by Gasteiger charge is -2.17. The zero-order valence-electron chi connectivity index (χ0n) is 16.1. The molecule has 1 unspecified atom stereocenters. The van der Waals surface area contributed by atoms with Crippen LogP contribution in [0.1, 0.15) is 29.0 Å². The first-order valence-corrected chi connectivity index (χ1v) is 8.85. The monoisotopic (exact) mass is 381 g/mol. The molecule has 1 N–H and O–H groups in total. The lowest BCUT2D eigenvalue weighted by Crippen LogP contribution is -2.27. The normalized spacial score (nSPS) is 11.5. The van der Waals surface area contributed by atoms with Crippen molar-refractivity contribution in [2.45, 2.75) is 19.7 Å². The third-order valence-corrected chi connectivity index (χ3v) is 4.23. The van der Waals surface area contributed by atoms with Gasteiger partial charge in [0, 0.05) is 11.8 Å². The standard InChI is InChI=1S/C21H23N3O4/c1-15(18-13-17(26-2)9-10-20(18)27-3)22-21(25)19-11-12-24(23-19)14-28-16-7-5-4-6-8-16/h4-13,15H,14H2,1-3H3,(H,22,25). The molecule has 0 spiro atoms. The Hall–Kier alpha value is -3.48. The summed E-state index contributed by atoms with van der Waals surface area (Å²) in [6.07, 6.45) is 1.70. The number of para-hydroxylation sites is 1. The lowest BCUT2D eigenvalue weighted by molar-refractivity contribution is 0.0932. The van der Waals surface area contributed by atoms with E-state index in [9.17, 15) is 4.79 Å². The van der Waals surface area contributed by atoms with Gasteiger partial charge in [-0.25, -0.2) is 4.68 Å². The highest BCUT2D eigenvalue weighted by Gasteiger charge is 2.17. The Bertz CT molecular complexity index is 924. The number of carbonyl (C=O) groups is 1. The fourth-order valence-corrected chi connectivity index (χ4v) is 2.74. The van der Waals surface area contributed by atoms with Crippen molar-refractivity contribution >= 4 is 5.91 Å². The van der Waals surface area contributed by atoms with Gasteiger partial charge < -0.3 is 19.5 Å². The number of ether oxygens (including phenoxy) is 3. The van der Waals surface area contributed by atoms with E-state index in [0.29, 0.717) is 17.2 Å². The van der Waals surface area contributed by atoms with Gasteiger partial charge in [0.2, 0.25) is 0 Å². The van der Waals surface area contributed by atoms with Crippen molar-refractivity contribution in [3.63, 3.8) is 0 Å². The maximum Gasteiger partial charge on any atom is 0.272 e. The molecule has 1 atom stereocenters. The van der Waals surface area contributed by atoms with Crippen LogP contribution in [0.15, 0.2) is 60.8 Å². The summed E-state index contributed by atoms with van der Waals surface area (Å²) in [5.74, 6) is 1.83. The molecule has 1 heterocycles. The molecule has 0 aliphatic heterocycles. The molecule has 0 bridgehead atoms. The Morgan fingerprint density at radius 1 is 1.07 bits per heavy atom. The molecule has 0 radical (unpaired) electrons. The molecule has 0 aliphatic carbocycles. The molecule has 7 nitrogen and oxygen atoms in total. The second kappa shape index (κ2) is 8.94. The Labute approximate surface area is 163 Å². The van der Waals surface area contributed by atoms with E-state index < -0.39 is 0 Å². The minimum atomic E-state index is -0.289. The Balaban J connectivity index is 1.64. The molecule has 7 heteroatoms. The van der Waals surface area contributed by atoms with Crippen LogP contribution in [0.4, 0.5) is 0 Å². The fraction of sp³-hybridized carbons (Fsp3) is 0.238. The summed E-state index contributed by atoms with van der Waals surface area (Å²) in [7, 11) is 3.19. The number of carbonyl (C=O) groups excluding carboxylic acids is 1. The van der Waals surface area contributed by atoms with Crippen molar-refractivity contribution in [3.8, 4) is 17.2 Å². The van der Waals surface area contributed by atoms with Crippen LogP contribution in [0.3, 0.4) is 0 Å². The highest BCUT2D eigenvalue weighted by Crippen LogP contribution is 2.29. The molecular formula is C21H23N3O4. The number of nitrogens with zero attached hydrogens (tertiary/aromatic N) is 2. The van der Waals surface area contributed by atoms with Crippen molar-refractivity contribution < 1.29 is 19.0 Å². The number of methoxy groups -OCH3 is 2. The highest BCUT2D eigenvalue weighted by atomic mass is 16.5. The molecule has 3 rings (SSSR count). The molecule has 0 saturated carbocycles. The summed E-state index contributed by atoms with van der Waals surface area (Å²) in [6, 6.07) is 16.3. The average Bonchev–Trinajstić information content (AvgIpc) is 3.21. The number of benzene rings is 2. The molecule has 1 aromatic heterocycles. The molecule has 146 valence electrons. The van der Waals surface area contributed by atoms with Crippen LogP contribution in [0.2, 0.25) is 0 Å². The summed E-state index contributed by atoms with van der Waals surface area (Å²) < 4.78 is 17.8. The summed E-state index contributed by atoms with van der Waals surface area (Å²) in [5.41, 5.74) is 1.13. The van der Waals surface area contributed by atoms with Crippen molar-refractivity contribution in [3.05, 3.63) is 72.1 Å². The Kier molecular flexibility index (Phi) is 6.16. The van der Waals surface area contributed by atoms with Crippen molar-refractivity contribution in [1.29, 1.82) is 0 Å². The van der Waals surface area contributed by atoms with Gasteiger partial charge in [-0.05, 0) is 43.3 Å². The van der Waals surface area contributed by atoms with Crippen LogP contribution in [0, 0.1) is 0 Å². The van der Waals surface area contributed by atoms with E-state index in [1.165, 1.54) is 0 Å². The number of aromatic nitrogens is 2. The Morgan fingerprint density at radius 2 is 1.86 bits per heavy atom. The van der Waals surface area contributed by atoms with Crippen LogP contribution >= 0.6 is 0 Å². The van der Waals surface area contributed by atoms with Gasteiger partial charge in [0.05, 0.1) is 20.3 Å². The Morgan fingerprint density at radius 3 is 2.57 bits per heavy atom. The van der Waals surface area contributed by atoms with Crippen molar-refractivity contribution in [2.24, 2.45) is 0 Å².